The average molecular weight is 267 g/mol. The van der Waals surface area contributed by atoms with Gasteiger partial charge < -0.3 is 11.5 Å². The van der Waals surface area contributed by atoms with E-state index in [4.69, 9.17) is 23.1 Å². The van der Waals surface area contributed by atoms with Gasteiger partial charge >= 0.3 is 0 Å². The highest BCUT2D eigenvalue weighted by atomic mass is 35.5. The summed E-state index contributed by atoms with van der Waals surface area (Å²) in [5.41, 5.74) is 12.1. The van der Waals surface area contributed by atoms with E-state index in [0.717, 1.165) is 24.8 Å². The van der Waals surface area contributed by atoms with Crippen LogP contribution in [0.5, 0.6) is 0 Å². The van der Waals surface area contributed by atoms with Crippen molar-refractivity contribution < 1.29 is 4.39 Å². The first-order chi connectivity index (χ1) is 7.15. The molecule has 1 aromatic carbocycles. The smallest absolute Gasteiger partial charge is 0.142 e. The Morgan fingerprint density at radius 3 is 2.56 bits per heavy atom. The van der Waals surface area contributed by atoms with E-state index in [0.29, 0.717) is 6.54 Å². The molecule has 1 rings (SSSR count). The van der Waals surface area contributed by atoms with Crippen molar-refractivity contribution in [3.8, 4) is 0 Å². The van der Waals surface area contributed by atoms with Gasteiger partial charge in [0.25, 0.3) is 0 Å². The zero-order chi connectivity index (χ0) is 11.3. The zero-order valence-corrected chi connectivity index (χ0v) is 10.5. The first kappa shape index (κ1) is 15.7. The fourth-order valence-electron chi connectivity index (χ4n) is 1.42. The van der Waals surface area contributed by atoms with Crippen LogP contribution in [-0.4, -0.2) is 6.54 Å². The van der Waals surface area contributed by atoms with E-state index in [1.165, 1.54) is 12.1 Å². The van der Waals surface area contributed by atoms with Crippen LogP contribution >= 0.6 is 24.0 Å². The predicted octanol–water partition coefficient (Wildman–Crippen LogP) is 3.03. The first-order valence-corrected chi connectivity index (χ1v) is 5.43. The molecule has 0 saturated carbocycles. The van der Waals surface area contributed by atoms with Gasteiger partial charge in [-0.3, -0.25) is 0 Å². The van der Waals surface area contributed by atoms with Crippen LogP contribution in [-0.2, 0) is 0 Å². The van der Waals surface area contributed by atoms with Gasteiger partial charge in [-0.25, -0.2) is 4.39 Å². The summed E-state index contributed by atoms with van der Waals surface area (Å²) in [6.07, 6.45) is 2.73. The van der Waals surface area contributed by atoms with E-state index in [-0.39, 0.29) is 23.5 Å². The van der Waals surface area contributed by atoms with E-state index < -0.39 is 5.82 Å². The van der Waals surface area contributed by atoms with E-state index in [1.54, 1.807) is 6.07 Å². The van der Waals surface area contributed by atoms with Crippen molar-refractivity contribution in [1.82, 2.24) is 0 Å². The van der Waals surface area contributed by atoms with Crippen LogP contribution < -0.4 is 11.5 Å². The normalized spacial score (nSPS) is 12.0. The first-order valence-electron chi connectivity index (χ1n) is 5.05. The van der Waals surface area contributed by atoms with Crippen LogP contribution in [0.15, 0.2) is 18.2 Å². The van der Waals surface area contributed by atoms with Crippen LogP contribution in [0.3, 0.4) is 0 Å². The van der Waals surface area contributed by atoms with Crippen LogP contribution in [0.4, 0.5) is 4.39 Å². The molecule has 0 aromatic heterocycles. The van der Waals surface area contributed by atoms with Crippen molar-refractivity contribution >= 4 is 24.0 Å². The number of hydrogen-bond donors (Lipinski definition) is 2. The molecule has 4 N–H and O–H groups in total. The molecule has 0 unspecified atom stereocenters. The summed E-state index contributed by atoms with van der Waals surface area (Å²) in [6.45, 7) is 0.668. The van der Waals surface area contributed by atoms with Gasteiger partial charge in [-0.05, 0) is 37.1 Å². The molecule has 0 heterocycles. The molecule has 92 valence electrons. The van der Waals surface area contributed by atoms with Crippen molar-refractivity contribution in [2.45, 2.75) is 25.3 Å². The van der Waals surface area contributed by atoms with Gasteiger partial charge in [-0.15, -0.1) is 12.4 Å². The Morgan fingerprint density at radius 2 is 2.00 bits per heavy atom. The number of hydrogen-bond acceptors (Lipinski definition) is 2. The van der Waals surface area contributed by atoms with Gasteiger partial charge in [0.2, 0.25) is 0 Å². The number of unbranched alkanes of at least 4 members (excludes halogenated alkanes) is 1. The molecule has 0 amide bonds. The van der Waals surface area contributed by atoms with Gasteiger partial charge in [0.15, 0.2) is 0 Å². The monoisotopic (exact) mass is 266 g/mol. The number of halogens is 3. The lowest BCUT2D eigenvalue weighted by Crippen LogP contribution is -2.11. The lowest BCUT2D eigenvalue weighted by molar-refractivity contribution is 0.580. The van der Waals surface area contributed by atoms with Gasteiger partial charge in [0.05, 0.1) is 5.02 Å². The van der Waals surface area contributed by atoms with Gasteiger partial charge in [0.1, 0.15) is 5.82 Å². The van der Waals surface area contributed by atoms with E-state index >= 15 is 0 Å². The molecule has 0 aliphatic rings. The quantitative estimate of drug-likeness (QED) is 0.806. The van der Waals surface area contributed by atoms with Crippen LogP contribution in [0.25, 0.3) is 0 Å². The molecular weight excluding hydrogens is 250 g/mol. The predicted molar refractivity (Wildman–Crippen MR) is 68.5 cm³/mol. The molecule has 0 fully saturated rings. The van der Waals surface area contributed by atoms with Crippen LogP contribution in [0.2, 0.25) is 5.02 Å². The number of benzene rings is 1. The molecule has 2 nitrogen and oxygen atoms in total. The molecule has 0 spiro atoms. The lowest BCUT2D eigenvalue weighted by atomic mass is 10.0. The third-order valence-corrected chi connectivity index (χ3v) is 2.65. The molecule has 0 bridgehead atoms. The second-order valence-electron chi connectivity index (χ2n) is 3.56. The molecule has 0 aliphatic carbocycles. The van der Waals surface area contributed by atoms with Crippen molar-refractivity contribution in [3.63, 3.8) is 0 Å². The number of nitrogens with two attached hydrogens (primary N) is 2. The molecule has 0 radical (unpaired) electrons. The molecule has 0 saturated heterocycles. The average Bonchev–Trinajstić information content (AvgIpc) is 2.22. The summed E-state index contributed by atoms with van der Waals surface area (Å²) in [5, 5.41) is 0.132. The van der Waals surface area contributed by atoms with Crippen molar-refractivity contribution in [1.29, 1.82) is 0 Å². The molecule has 16 heavy (non-hydrogen) atoms. The summed E-state index contributed by atoms with van der Waals surface area (Å²) in [4.78, 5) is 0. The van der Waals surface area contributed by atoms with Gasteiger partial charge in [-0.2, -0.15) is 0 Å². The molecule has 5 heteroatoms. The highest BCUT2D eigenvalue weighted by molar-refractivity contribution is 6.30. The van der Waals surface area contributed by atoms with E-state index in [1.807, 2.05) is 0 Å². The third-order valence-electron chi connectivity index (χ3n) is 2.34. The summed E-state index contributed by atoms with van der Waals surface area (Å²) < 4.78 is 13.1. The van der Waals surface area contributed by atoms with E-state index in [9.17, 15) is 4.39 Å². The lowest BCUT2D eigenvalue weighted by Gasteiger charge is -2.11. The SMILES string of the molecule is Cl.NCCCC[C@H](N)c1ccc(Cl)c(F)c1. The van der Waals surface area contributed by atoms with Crippen molar-refractivity contribution in [3.05, 3.63) is 34.6 Å². The van der Waals surface area contributed by atoms with Gasteiger partial charge in [0, 0.05) is 6.04 Å². The minimum Gasteiger partial charge on any atom is -0.330 e. The summed E-state index contributed by atoms with van der Waals surface area (Å²) in [7, 11) is 0. The summed E-state index contributed by atoms with van der Waals surface area (Å²) in [5.74, 6) is -0.413. The Morgan fingerprint density at radius 1 is 1.31 bits per heavy atom. The Balaban J connectivity index is 0.00000225. The fourth-order valence-corrected chi connectivity index (χ4v) is 1.54. The Bertz CT molecular complexity index is 321. The fraction of sp³-hybridized carbons (Fsp3) is 0.455. The Hall–Kier alpha value is -0.350. The summed E-state index contributed by atoms with van der Waals surface area (Å²) in [6, 6.07) is 4.56. The largest absolute Gasteiger partial charge is 0.330 e. The minimum atomic E-state index is -0.413. The van der Waals surface area contributed by atoms with E-state index in [2.05, 4.69) is 0 Å². The van der Waals surface area contributed by atoms with Crippen LogP contribution in [0.1, 0.15) is 30.9 Å². The highest BCUT2D eigenvalue weighted by Crippen LogP contribution is 2.21. The van der Waals surface area contributed by atoms with Gasteiger partial charge in [-0.1, -0.05) is 24.1 Å². The summed E-state index contributed by atoms with van der Waals surface area (Å²) >= 11 is 5.58. The maximum atomic E-state index is 13.1. The number of rotatable bonds is 5. The van der Waals surface area contributed by atoms with Crippen LogP contribution in [0, 0.1) is 5.82 Å². The maximum absolute atomic E-state index is 13.1. The standard InChI is InChI=1S/C11H16ClFN2.ClH/c12-9-5-4-8(7-10(9)13)11(15)3-1-2-6-14;/h4-5,7,11H,1-3,6,14-15H2;1H/t11-;/m0./s1. The second kappa shape index (κ2) is 7.85. The molecular formula is C11H17Cl2FN2. The topological polar surface area (TPSA) is 52.0 Å². The minimum absolute atomic E-state index is 0. The Kier molecular flexibility index (Phi) is 7.68. The zero-order valence-electron chi connectivity index (χ0n) is 8.96. The Labute approximate surface area is 107 Å². The molecule has 0 aliphatic heterocycles. The highest BCUT2D eigenvalue weighted by Gasteiger charge is 2.08. The molecule has 1 aromatic rings. The van der Waals surface area contributed by atoms with Crippen molar-refractivity contribution in [2.24, 2.45) is 11.5 Å². The second-order valence-corrected chi connectivity index (χ2v) is 3.97. The molecule has 1 atom stereocenters. The van der Waals surface area contributed by atoms with Crippen molar-refractivity contribution in [2.75, 3.05) is 6.54 Å². The third kappa shape index (κ3) is 4.66. The maximum Gasteiger partial charge on any atom is 0.142 e.